The minimum absolute atomic E-state index is 0.663. The van der Waals surface area contributed by atoms with E-state index < -0.39 is 0 Å². The lowest BCUT2D eigenvalue weighted by Gasteiger charge is -2.62. The third kappa shape index (κ3) is 4.19. The minimum Gasteiger partial charge on any atom is -0.0842 e. The molecule has 248 valence electrons. The van der Waals surface area contributed by atoms with Gasteiger partial charge in [0.15, 0.2) is 0 Å². The Morgan fingerprint density at radius 3 is 2.19 bits per heavy atom. The van der Waals surface area contributed by atoms with Crippen LogP contribution in [0, 0.1) is 76.9 Å². The molecule has 14 atom stereocenters. The summed E-state index contributed by atoms with van der Waals surface area (Å²) in [5, 5.41) is 0. The second-order valence-corrected chi connectivity index (χ2v) is 18.2. The van der Waals surface area contributed by atoms with Gasteiger partial charge in [0.2, 0.25) is 0 Å². The molecule has 0 amide bonds. The molecule has 1 aromatic rings. The molecule has 10 aliphatic carbocycles. The SMILES string of the molecule is C1=CC(C2=C3C=CCCC3C(C3=CCCC=C3)C3CC4C(C=C23)C2C(c3ccccc3)C3CCCC5CCC6CCC4C2C6C53)=CCC1. The highest BCUT2D eigenvalue weighted by molar-refractivity contribution is 5.63. The van der Waals surface area contributed by atoms with Crippen LogP contribution in [-0.4, -0.2) is 0 Å². The van der Waals surface area contributed by atoms with Crippen LogP contribution in [0.25, 0.3) is 0 Å². The van der Waals surface area contributed by atoms with Crippen LogP contribution in [0.4, 0.5) is 0 Å². The molecule has 0 saturated heterocycles. The number of rotatable bonds is 3. The van der Waals surface area contributed by atoms with Crippen LogP contribution >= 0.6 is 0 Å². The summed E-state index contributed by atoms with van der Waals surface area (Å²) < 4.78 is 0. The number of hydrogen-bond donors (Lipinski definition) is 0. The molecule has 0 heterocycles. The molecule has 0 aromatic heterocycles. The van der Waals surface area contributed by atoms with Gasteiger partial charge in [-0.25, -0.2) is 0 Å². The molecule has 10 aliphatic rings. The fourth-order valence-corrected chi connectivity index (χ4v) is 15.5. The summed E-state index contributed by atoms with van der Waals surface area (Å²) in [5.74, 6) is 12.2. The molecular formula is C48H56. The minimum atomic E-state index is 0.663. The first-order valence-corrected chi connectivity index (χ1v) is 20.8. The van der Waals surface area contributed by atoms with E-state index >= 15 is 0 Å². The molecule has 0 spiro atoms. The van der Waals surface area contributed by atoms with Gasteiger partial charge in [-0.05, 0) is 193 Å². The van der Waals surface area contributed by atoms with Crippen molar-refractivity contribution in [2.24, 2.45) is 76.9 Å². The van der Waals surface area contributed by atoms with Crippen LogP contribution in [-0.2, 0) is 0 Å². The van der Waals surface area contributed by atoms with Gasteiger partial charge < -0.3 is 0 Å². The molecule has 0 heteroatoms. The molecule has 11 rings (SSSR count). The Bertz CT molecular complexity index is 1670. The predicted octanol–water partition coefficient (Wildman–Crippen LogP) is 12.1. The van der Waals surface area contributed by atoms with Crippen molar-refractivity contribution in [2.75, 3.05) is 0 Å². The van der Waals surface area contributed by atoms with Crippen LogP contribution in [0.2, 0.25) is 0 Å². The van der Waals surface area contributed by atoms with E-state index in [1.807, 2.05) is 0 Å². The molecule has 1 aromatic carbocycles. The maximum Gasteiger partial charge on any atom is -0.00270 e. The van der Waals surface area contributed by atoms with Gasteiger partial charge in [0.25, 0.3) is 0 Å². The van der Waals surface area contributed by atoms with Gasteiger partial charge in [-0.1, -0.05) is 97.9 Å². The van der Waals surface area contributed by atoms with Crippen molar-refractivity contribution < 1.29 is 0 Å². The van der Waals surface area contributed by atoms with Gasteiger partial charge in [0, 0.05) is 0 Å². The molecule has 5 saturated carbocycles. The summed E-state index contributed by atoms with van der Waals surface area (Å²) in [6.07, 6.45) is 43.2. The third-order valence-corrected chi connectivity index (χ3v) is 16.6. The Balaban J connectivity index is 1.12. The fourth-order valence-electron chi connectivity index (χ4n) is 15.5. The van der Waals surface area contributed by atoms with E-state index in [1.54, 1.807) is 52.7 Å². The highest BCUT2D eigenvalue weighted by atomic mass is 14.7. The largest absolute Gasteiger partial charge is 0.0842 e. The van der Waals surface area contributed by atoms with Gasteiger partial charge in [-0.15, -0.1) is 0 Å². The second-order valence-electron chi connectivity index (χ2n) is 18.2. The van der Waals surface area contributed by atoms with E-state index in [9.17, 15) is 0 Å². The van der Waals surface area contributed by atoms with Crippen molar-refractivity contribution in [1.29, 1.82) is 0 Å². The maximum atomic E-state index is 3.06. The highest BCUT2D eigenvalue weighted by Crippen LogP contribution is 2.74. The standard InChI is InChI=1S/C48H56/c1-4-13-29(14-5-1)42-34-20-10-11-21-35(34)43(30-15-6-2-7-16-30)41-28-39-38(27-40(41)42)36-26-25-33-24-23-32-19-12-22-37-44(32)46(33)47(36)48(39)45(37)31-17-8-3-9-18-31/h3-4,6,8-9,11,13-18,21,28,32-34,36-40,42,44-48H,1-2,5,7,10,12,19-20,22-27H2. The number of allylic oxidation sites excluding steroid dienone is 14. The Kier molecular flexibility index (Phi) is 6.97. The lowest BCUT2D eigenvalue weighted by molar-refractivity contribution is -0.120. The van der Waals surface area contributed by atoms with Gasteiger partial charge in [-0.2, -0.15) is 0 Å². The quantitative estimate of drug-likeness (QED) is 0.311. The zero-order valence-electron chi connectivity index (χ0n) is 29.1. The Hall–Kier alpha value is -2.60. The summed E-state index contributed by atoms with van der Waals surface area (Å²) in [4.78, 5) is 0. The average molecular weight is 633 g/mol. The normalized spacial score (nSPS) is 46.5. The topological polar surface area (TPSA) is 0 Å². The lowest BCUT2D eigenvalue weighted by Crippen LogP contribution is -2.55. The number of fused-ring (bicyclic) bond motifs is 5. The van der Waals surface area contributed by atoms with Gasteiger partial charge in [0.1, 0.15) is 0 Å². The molecule has 0 nitrogen and oxygen atoms in total. The second kappa shape index (κ2) is 11.5. The van der Waals surface area contributed by atoms with Crippen molar-refractivity contribution in [2.45, 2.75) is 95.8 Å². The Labute approximate surface area is 290 Å². The predicted molar refractivity (Wildman–Crippen MR) is 198 cm³/mol. The fraction of sp³-hybridized carbons (Fsp3) is 0.583. The number of hydrogen-bond acceptors (Lipinski definition) is 0. The zero-order valence-corrected chi connectivity index (χ0v) is 29.1. The van der Waals surface area contributed by atoms with Crippen molar-refractivity contribution in [3.63, 3.8) is 0 Å². The molecular weight excluding hydrogens is 577 g/mol. The van der Waals surface area contributed by atoms with Gasteiger partial charge in [0.05, 0.1) is 0 Å². The molecule has 48 heavy (non-hydrogen) atoms. The number of benzene rings is 1. The molecule has 0 aliphatic heterocycles. The zero-order chi connectivity index (χ0) is 31.3. The van der Waals surface area contributed by atoms with E-state index in [4.69, 9.17) is 0 Å². The summed E-state index contributed by atoms with van der Waals surface area (Å²) in [6, 6.07) is 12.2. The molecule has 0 radical (unpaired) electrons. The highest BCUT2D eigenvalue weighted by Gasteiger charge is 2.67. The molecule has 0 bridgehead atoms. The average Bonchev–Trinajstić information content (AvgIpc) is 3.47. The van der Waals surface area contributed by atoms with Gasteiger partial charge in [-0.3, -0.25) is 0 Å². The monoisotopic (exact) mass is 632 g/mol. The van der Waals surface area contributed by atoms with Crippen molar-refractivity contribution in [3.05, 3.63) is 118 Å². The smallest absolute Gasteiger partial charge is 0.00270 e. The molecule has 14 unspecified atom stereocenters. The lowest BCUT2D eigenvalue weighted by atomic mass is 9.42. The Morgan fingerprint density at radius 2 is 1.35 bits per heavy atom. The van der Waals surface area contributed by atoms with E-state index in [0.29, 0.717) is 17.8 Å². The van der Waals surface area contributed by atoms with Crippen molar-refractivity contribution in [3.8, 4) is 0 Å². The maximum absolute atomic E-state index is 3.06. The first kappa shape index (κ1) is 29.2. The van der Waals surface area contributed by atoms with E-state index in [2.05, 4.69) is 85.0 Å². The van der Waals surface area contributed by atoms with Crippen LogP contribution < -0.4 is 0 Å². The first-order chi connectivity index (χ1) is 23.8. The molecule has 0 N–H and O–H groups in total. The molecule has 5 fully saturated rings. The third-order valence-electron chi connectivity index (χ3n) is 16.6. The van der Waals surface area contributed by atoms with Crippen LogP contribution in [0.3, 0.4) is 0 Å². The van der Waals surface area contributed by atoms with E-state index in [1.165, 1.54) is 70.6 Å². The van der Waals surface area contributed by atoms with Crippen LogP contribution in [0.5, 0.6) is 0 Å². The van der Waals surface area contributed by atoms with Crippen LogP contribution in [0.15, 0.2) is 113 Å². The van der Waals surface area contributed by atoms with E-state index in [0.717, 1.165) is 65.1 Å². The summed E-state index contributed by atoms with van der Waals surface area (Å²) >= 11 is 0. The van der Waals surface area contributed by atoms with E-state index in [-0.39, 0.29) is 0 Å². The van der Waals surface area contributed by atoms with Crippen molar-refractivity contribution >= 4 is 0 Å². The van der Waals surface area contributed by atoms with Gasteiger partial charge >= 0.3 is 0 Å². The summed E-state index contributed by atoms with van der Waals surface area (Å²) in [7, 11) is 0. The first-order valence-electron chi connectivity index (χ1n) is 20.8. The summed E-state index contributed by atoms with van der Waals surface area (Å²) in [5.41, 5.74) is 10.2. The van der Waals surface area contributed by atoms with Crippen LogP contribution in [0.1, 0.15) is 101 Å². The van der Waals surface area contributed by atoms with Crippen molar-refractivity contribution in [1.82, 2.24) is 0 Å². The Morgan fingerprint density at radius 1 is 0.542 bits per heavy atom. The summed E-state index contributed by atoms with van der Waals surface area (Å²) in [6.45, 7) is 0.